The minimum Gasteiger partial charge on any atom is -0.388 e. The number of hydrogen-bond acceptors (Lipinski definition) is 1. The maximum absolute atomic E-state index is 13.0. The first-order valence-corrected chi connectivity index (χ1v) is 6.80. The topological polar surface area (TPSA) is 20.2 Å². The van der Waals surface area contributed by atoms with Crippen LogP contribution in [0.3, 0.4) is 0 Å². The van der Waals surface area contributed by atoms with E-state index in [1.54, 1.807) is 6.92 Å². The zero-order valence-corrected chi connectivity index (χ0v) is 11.3. The number of halogens is 4. The van der Waals surface area contributed by atoms with Crippen molar-refractivity contribution in [3.05, 3.63) is 35.1 Å². The lowest BCUT2D eigenvalue weighted by Crippen LogP contribution is -2.29. The second-order valence-electron chi connectivity index (χ2n) is 5.60. The quantitative estimate of drug-likeness (QED) is 0.793. The van der Waals surface area contributed by atoms with E-state index in [-0.39, 0.29) is 24.6 Å². The third-order valence-corrected chi connectivity index (χ3v) is 4.23. The van der Waals surface area contributed by atoms with E-state index in [0.29, 0.717) is 24.0 Å². The number of rotatable bonds is 2. The van der Waals surface area contributed by atoms with Crippen molar-refractivity contribution in [2.24, 2.45) is 11.8 Å². The van der Waals surface area contributed by atoms with Gasteiger partial charge in [-0.05, 0) is 61.8 Å². The molecule has 1 aliphatic carbocycles. The van der Waals surface area contributed by atoms with Gasteiger partial charge in [-0.25, -0.2) is 4.39 Å². The van der Waals surface area contributed by atoms with Crippen molar-refractivity contribution in [1.82, 2.24) is 0 Å². The Morgan fingerprint density at radius 1 is 1.15 bits per heavy atom. The smallest absolute Gasteiger partial charge is 0.388 e. The van der Waals surface area contributed by atoms with Crippen molar-refractivity contribution in [1.29, 1.82) is 0 Å². The first kappa shape index (κ1) is 15.3. The van der Waals surface area contributed by atoms with Crippen LogP contribution >= 0.6 is 0 Å². The molecule has 1 atom stereocenters. The van der Waals surface area contributed by atoms with Gasteiger partial charge in [0, 0.05) is 0 Å². The van der Waals surface area contributed by atoms with Crippen LogP contribution in [0.25, 0.3) is 0 Å². The third-order valence-electron chi connectivity index (χ3n) is 4.23. The van der Waals surface area contributed by atoms with Crippen LogP contribution in [-0.2, 0) is 0 Å². The van der Waals surface area contributed by atoms with E-state index in [1.807, 2.05) is 0 Å². The fraction of sp³-hybridized carbons (Fsp3) is 0.600. The molecule has 1 saturated carbocycles. The van der Waals surface area contributed by atoms with Crippen LogP contribution in [0.15, 0.2) is 18.2 Å². The van der Waals surface area contributed by atoms with Crippen molar-refractivity contribution < 1.29 is 22.7 Å². The standard InChI is InChI=1S/C15H18F4O/c1-9-8-12(16)6-7-13(9)14(20)10-2-4-11(5-3-10)15(17,18)19/h6-8,10-11,14,20H,2-5H2,1H3. The van der Waals surface area contributed by atoms with Crippen molar-refractivity contribution in [2.75, 3.05) is 0 Å². The van der Waals surface area contributed by atoms with Crippen LogP contribution in [0.1, 0.15) is 42.9 Å². The van der Waals surface area contributed by atoms with E-state index in [9.17, 15) is 22.7 Å². The Morgan fingerprint density at radius 3 is 2.25 bits per heavy atom. The highest BCUT2D eigenvalue weighted by Gasteiger charge is 2.42. The summed E-state index contributed by atoms with van der Waals surface area (Å²) in [4.78, 5) is 0. The Bertz CT molecular complexity index is 461. The lowest BCUT2D eigenvalue weighted by atomic mass is 9.77. The van der Waals surface area contributed by atoms with E-state index in [4.69, 9.17) is 0 Å². The molecular formula is C15H18F4O. The fourth-order valence-corrected chi connectivity index (χ4v) is 2.99. The molecule has 1 aromatic carbocycles. The first-order chi connectivity index (χ1) is 9.29. The highest BCUT2D eigenvalue weighted by molar-refractivity contribution is 5.29. The molecular weight excluding hydrogens is 272 g/mol. The third kappa shape index (κ3) is 3.32. The van der Waals surface area contributed by atoms with Crippen LogP contribution in [0, 0.1) is 24.6 Å². The predicted molar refractivity (Wildman–Crippen MR) is 67.6 cm³/mol. The zero-order chi connectivity index (χ0) is 14.9. The summed E-state index contributed by atoms with van der Waals surface area (Å²) in [5, 5.41) is 10.3. The average Bonchev–Trinajstić information content (AvgIpc) is 2.37. The maximum Gasteiger partial charge on any atom is 0.391 e. The summed E-state index contributed by atoms with van der Waals surface area (Å²) in [6.45, 7) is 1.70. The molecule has 1 aromatic rings. The lowest BCUT2D eigenvalue weighted by molar-refractivity contribution is -0.185. The molecule has 1 fully saturated rings. The minimum atomic E-state index is -4.14. The zero-order valence-electron chi connectivity index (χ0n) is 11.3. The summed E-state index contributed by atoms with van der Waals surface area (Å²) in [6, 6.07) is 4.12. The Morgan fingerprint density at radius 2 is 1.75 bits per heavy atom. The molecule has 0 amide bonds. The van der Waals surface area contributed by atoms with Crippen molar-refractivity contribution in [3.63, 3.8) is 0 Å². The highest BCUT2D eigenvalue weighted by atomic mass is 19.4. The fourth-order valence-electron chi connectivity index (χ4n) is 2.99. The summed E-state index contributed by atoms with van der Waals surface area (Å²) in [6.07, 6.45) is -4.13. The molecule has 0 radical (unpaired) electrons. The lowest BCUT2D eigenvalue weighted by Gasteiger charge is -2.33. The Hall–Kier alpha value is -1.10. The maximum atomic E-state index is 13.0. The van der Waals surface area contributed by atoms with Crippen LogP contribution in [0.5, 0.6) is 0 Å². The summed E-state index contributed by atoms with van der Waals surface area (Å²) in [5.41, 5.74) is 1.25. The number of aryl methyl sites for hydroxylation is 1. The molecule has 0 aliphatic heterocycles. The molecule has 1 nitrogen and oxygen atoms in total. The first-order valence-electron chi connectivity index (χ1n) is 6.80. The van der Waals surface area contributed by atoms with Crippen LogP contribution in [-0.4, -0.2) is 11.3 Å². The Labute approximate surface area is 115 Å². The molecule has 0 bridgehead atoms. The van der Waals surface area contributed by atoms with Crippen LogP contribution in [0.4, 0.5) is 17.6 Å². The van der Waals surface area contributed by atoms with Gasteiger partial charge in [0.2, 0.25) is 0 Å². The van der Waals surface area contributed by atoms with Gasteiger partial charge in [-0.1, -0.05) is 6.07 Å². The predicted octanol–water partition coefficient (Wildman–Crippen LogP) is 4.54. The van der Waals surface area contributed by atoms with Crippen molar-refractivity contribution in [3.8, 4) is 0 Å². The normalized spacial score (nSPS) is 25.5. The highest BCUT2D eigenvalue weighted by Crippen LogP contribution is 2.43. The molecule has 112 valence electrons. The van der Waals surface area contributed by atoms with Gasteiger partial charge in [-0.2, -0.15) is 13.2 Å². The van der Waals surface area contributed by atoms with Crippen molar-refractivity contribution in [2.45, 2.75) is 44.9 Å². The van der Waals surface area contributed by atoms with Gasteiger partial charge in [0.1, 0.15) is 5.82 Å². The van der Waals surface area contributed by atoms with Gasteiger partial charge < -0.3 is 5.11 Å². The van der Waals surface area contributed by atoms with E-state index < -0.39 is 18.2 Å². The largest absolute Gasteiger partial charge is 0.391 e. The molecule has 0 saturated heterocycles. The van der Waals surface area contributed by atoms with Gasteiger partial charge in [0.05, 0.1) is 12.0 Å². The monoisotopic (exact) mass is 290 g/mol. The molecule has 2 rings (SSSR count). The number of aliphatic hydroxyl groups excluding tert-OH is 1. The second kappa shape index (κ2) is 5.72. The number of hydrogen-bond donors (Lipinski definition) is 1. The van der Waals surface area contributed by atoms with Gasteiger partial charge >= 0.3 is 6.18 Å². The van der Waals surface area contributed by atoms with Gasteiger partial charge in [0.15, 0.2) is 0 Å². The van der Waals surface area contributed by atoms with E-state index in [2.05, 4.69) is 0 Å². The molecule has 1 unspecified atom stereocenters. The van der Waals surface area contributed by atoms with Crippen LogP contribution in [0.2, 0.25) is 0 Å². The molecule has 0 spiro atoms. The Kier molecular flexibility index (Phi) is 4.37. The summed E-state index contributed by atoms with van der Waals surface area (Å²) < 4.78 is 50.8. The SMILES string of the molecule is Cc1cc(F)ccc1C(O)C1CCC(C(F)(F)F)CC1. The average molecular weight is 290 g/mol. The van der Waals surface area contributed by atoms with Gasteiger partial charge in [0.25, 0.3) is 0 Å². The summed E-state index contributed by atoms with van der Waals surface area (Å²) >= 11 is 0. The second-order valence-corrected chi connectivity index (χ2v) is 5.60. The Balaban J connectivity index is 2.03. The number of benzene rings is 1. The van der Waals surface area contributed by atoms with E-state index in [1.165, 1.54) is 18.2 Å². The van der Waals surface area contributed by atoms with E-state index >= 15 is 0 Å². The summed E-state index contributed by atoms with van der Waals surface area (Å²) in [7, 11) is 0. The van der Waals surface area contributed by atoms with Crippen molar-refractivity contribution >= 4 is 0 Å². The van der Waals surface area contributed by atoms with Crippen LogP contribution < -0.4 is 0 Å². The van der Waals surface area contributed by atoms with E-state index in [0.717, 1.165) is 0 Å². The number of aliphatic hydroxyl groups is 1. The van der Waals surface area contributed by atoms with Gasteiger partial charge in [-0.3, -0.25) is 0 Å². The molecule has 5 heteroatoms. The summed E-state index contributed by atoms with van der Waals surface area (Å²) in [5.74, 6) is -1.81. The molecule has 20 heavy (non-hydrogen) atoms. The molecule has 0 heterocycles. The minimum absolute atomic E-state index is 0.0610. The molecule has 0 aromatic heterocycles. The van der Waals surface area contributed by atoms with Gasteiger partial charge in [-0.15, -0.1) is 0 Å². The molecule has 1 aliphatic rings. The molecule has 1 N–H and O–H groups in total. The number of alkyl halides is 3.